The van der Waals surface area contributed by atoms with E-state index >= 15 is 0 Å². The summed E-state index contributed by atoms with van der Waals surface area (Å²) < 4.78 is 5.33. The summed E-state index contributed by atoms with van der Waals surface area (Å²) >= 11 is 0. The van der Waals surface area contributed by atoms with Gasteiger partial charge in [-0.1, -0.05) is 56.5 Å². The smallest absolute Gasteiger partial charge is 0.319 e. The number of hydrogen-bond acceptors (Lipinski definition) is 5. The molecule has 0 amide bonds. The Bertz CT molecular complexity index is 621. The molecule has 3 atom stereocenters. The molecule has 0 heterocycles. The van der Waals surface area contributed by atoms with E-state index in [1.54, 1.807) is 6.92 Å². The zero-order valence-electron chi connectivity index (χ0n) is 17.1. The van der Waals surface area contributed by atoms with Crippen LogP contribution in [0.15, 0.2) is 30.3 Å². The Kier molecular flexibility index (Phi) is 8.64. The molecule has 1 aromatic carbocycles. The molecule has 1 aliphatic carbocycles. The monoisotopic (exact) mass is 390 g/mol. The van der Waals surface area contributed by atoms with Gasteiger partial charge in [-0.25, -0.2) is 0 Å². The minimum atomic E-state index is -1.12. The number of aliphatic hydroxyl groups is 2. The third-order valence-electron chi connectivity index (χ3n) is 6.10. The van der Waals surface area contributed by atoms with Gasteiger partial charge in [0.1, 0.15) is 5.41 Å². The maximum absolute atomic E-state index is 13.8. The standard InChI is InChI=1S/C23H34O5/c1-3-20(25)18(16-24)15-19(17-11-7-5-8-12-17)21(26)23(22(27)28-4-2)13-9-6-10-14-23/h5,7-8,11-12,18-20,24-25H,3-4,6,9-10,13-16H2,1-2H3. The molecule has 3 unspecified atom stereocenters. The number of aliphatic hydroxyl groups excluding tert-OH is 2. The van der Waals surface area contributed by atoms with Crippen LogP contribution in [-0.4, -0.2) is 41.3 Å². The van der Waals surface area contributed by atoms with Gasteiger partial charge in [0, 0.05) is 18.4 Å². The number of carbonyl (C=O) groups excluding carboxylic acids is 2. The van der Waals surface area contributed by atoms with E-state index in [9.17, 15) is 19.8 Å². The molecule has 0 aliphatic heterocycles. The first-order chi connectivity index (χ1) is 13.5. The van der Waals surface area contributed by atoms with Gasteiger partial charge in [0.05, 0.1) is 12.7 Å². The fourth-order valence-electron chi connectivity index (χ4n) is 4.38. The minimum Gasteiger partial charge on any atom is -0.465 e. The van der Waals surface area contributed by atoms with E-state index < -0.39 is 29.3 Å². The van der Waals surface area contributed by atoms with Crippen molar-refractivity contribution in [3.63, 3.8) is 0 Å². The van der Waals surface area contributed by atoms with Gasteiger partial charge < -0.3 is 14.9 Å². The maximum atomic E-state index is 13.8. The molecule has 0 spiro atoms. The maximum Gasteiger partial charge on any atom is 0.319 e. The molecule has 5 heteroatoms. The molecule has 0 saturated heterocycles. The molecule has 2 N–H and O–H groups in total. The number of ether oxygens (including phenoxy) is 1. The lowest BCUT2D eigenvalue weighted by Crippen LogP contribution is -2.45. The molecule has 2 rings (SSSR count). The summed E-state index contributed by atoms with van der Waals surface area (Å²) in [4.78, 5) is 26.7. The molecule has 156 valence electrons. The van der Waals surface area contributed by atoms with E-state index in [1.165, 1.54) is 0 Å². The highest BCUT2D eigenvalue weighted by molar-refractivity contribution is 6.06. The fourth-order valence-corrected chi connectivity index (χ4v) is 4.38. The SMILES string of the molecule is CCOC(=O)C1(C(=O)C(CC(CO)C(O)CC)c2ccccc2)CCCCC1. The van der Waals surface area contributed by atoms with Crippen LogP contribution in [0, 0.1) is 11.3 Å². The Hall–Kier alpha value is -1.72. The first-order valence-corrected chi connectivity index (χ1v) is 10.6. The van der Waals surface area contributed by atoms with Crippen molar-refractivity contribution in [1.82, 2.24) is 0 Å². The Labute approximate surface area is 168 Å². The Morgan fingerprint density at radius 3 is 2.29 bits per heavy atom. The van der Waals surface area contributed by atoms with Crippen LogP contribution >= 0.6 is 0 Å². The van der Waals surface area contributed by atoms with E-state index in [4.69, 9.17) is 4.74 Å². The Balaban J connectivity index is 2.42. The van der Waals surface area contributed by atoms with Gasteiger partial charge in [0.25, 0.3) is 0 Å². The predicted molar refractivity (Wildman–Crippen MR) is 108 cm³/mol. The van der Waals surface area contributed by atoms with E-state index in [0.29, 0.717) is 25.7 Å². The lowest BCUT2D eigenvalue weighted by atomic mass is 9.65. The highest BCUT2D eigenvalue weighted by Crippen LogP contribution is 2.44. The first-order valence-electron chi connectivity index (χ1n) is 10.6. The van der Waals surface area contributed by atoms with E-state index in [1.807, 2.05) is 37.3 Å². The highest BCUT2D eigenvalue weighted by Gasteiger charge is 2.50. The zero-order chi connectivity index (χ0) is 20.6. The Morgan fingerprint density at radius 2 is 1.75 bits per heavy atom. The van der Waals surface area contributed by atoms with E-state index in [0.717, 1.165) is 24.8 Å². The number of rotatable bonds is 10. The molecular formula is C23H34O5. The second kappa shape index (κ2) is 10.7. The lowest BCUT2D eigenvalue weighted by Gasteiger charge is -2.37. The van der Waals surface area contributed by atoms with Crippen molar-refractivity contribution in [1.29, 1.82) is 0 Å². The average Bonchev–Trinajstić information content (AvgIpc) is 2.75. The molecule has 0 bridgehead atoms. The molecule has 1 aromatic rings. The van der Waals surface area contributed by atoms with Crippen molar-refractivity contribution in [2.45, 2.75) is 70.8 Å². The second-order valence-corrected chi connectivity index (χ2v) is 7.84. The van der Waals surface area contributed by atoms with Crippen LogP contribution in [0.2, 0.25) is 0 Å². The molecular weight excluding hydrogens is 356 g/mol. The van der Waals surface area contributed by atoms with Gasteiger partial charge in [-0.2, -0.15) is 0 Å². The van der Waals surface area contributed by atoms with Gasteiger partial charge in [-0.05, 0) is 38.2 Å². The first kappa shape index (κ1) is 22.6. The van der Waals surface area contributed by atoms with Gasteiger partial charge in [0.15, 0.2) is 5.78 Å². The summed E-state index contributed by atoms with van der Waals surface area (Å²) in [5.41, 5.74) is -0.296. The topological polar surface area (TPSA) is 83.8 Å². The summed E-state index contributed by atoms with van der Waals surface area (Å²) in [7, 11) is 0. The van der Waals surface area contributed by atoms with Crippen molar-refractivity contribution in [2.24, 2.45) is 11.3 Å². The van der Waals surface area contributed by atoms with E-state index in [-0.39, 0.29) is 19.0 Å². The van der Waals surface area contributed by atoms with Crippen LogP contribution in [-0.2, 0) is 14.3 Å². The quantitative estimate of drug-likeness (QED) is 0.471. The number of benzene rings is 1. The van der Waals surface area contributed by atoms with Crippen LogP contribution in [0.1, 0.15) is 70.3 Å². The van der Waals surface area contributed by atoms with Crippen molar-refractivity contribution < 1.29 is 24.5 Å². The van der Waals surface area contributed by atoms with Gasteiger partial charge in [0.2, 0.25) is 0 Å². The summed E-state index contributed by atoms with van der Waals surface area (Å²) in [6, 6.07) is 9.40. The molecule has 5 nitrogen and oxygen atoms in total. The summed E-state index contributed by atoms with van der Waals surface area (Å²) in [5, 5.41) is 20.1. The van der Waals surface area contributed by atoms with Crippen molar-refractivity contribution in [2.75, 3.05) is 13.2 Å². The summed E-state index contributed by atoms with van der Waals surface area (Å²) in [5.74, 6) is -1.51. The minimum absolute atomic E-state index is 0.126. The van der Waals surface area contributed by atoms with Gasteiger partial charge >= 0.3 is 5.97 Å². The second-order valence-electron chi connectivity index (χ2n) is 7.84. The van der Waals surface area contributed by atoms with Crippen LogP contribution in [0.5, 0.6) is 0 Å². The van der Waals surface area contributed by atoms with Gasteiger partial charge in [-0.3, -0.25) is 9.59 Å². The number of esters is 1. The zero-order valence-corrected chi connectivity index (χ0v) is 17.1. The van der Waals surface area contributed by atoms with Crippen molar-refractivity contribution in [3.05, 3.63) is 35.9 Å². The van der Waals surface area contributed by atoms with Crippen molar-refractivity contribution in [3.8, 4) is 0 Å². The number of Topliss-reactive ketones (excluding diaryl/α,β-unsaturated/α-hetero) is 1. The molecule has 1 fully saturated rings. The number of carbonyl (C=O) groups is 2. The summed E-state index contributed by atoms with van der Waals surface area (Å²) in [6.45, 7) is 3.66. The summed E-state index contributed by atoms with van der Waals surface area (Å²) in [6.07, 6.45) is 3.81. The van der Waals surface area contributed by atoms with Crippen LogP contribution in [0.4, 0.5) is 0 Å². The van der Waals surface area contributed by atoms with Crippen LogP contribution in [0.25, 0.3) is 0 Å². The Morgan fingerprint density at radius 1 is 1.11 bits per heavy atom. The predicted octanol–water partition coefficient (Wildman–Crippen LogP) is 3.62. The normalized spacial score (nSPS) is 19.4. The third-order valence-corrected chi connectivity index (χ3v) is 6.10. The highest BCUT2D eigenvalue weighted by atomic mass is 16.5. The number of hydrogen-bond donors (Lipinski definition) is 2. The van der Waals surface area contributed by atoms with E-state index in [2.05, 4.69) is 0 Å². The lowest BCUT2D eigenvalue weighted by molar-refractivity contribution is -0.163. The largest absolute Gasteiger partial charge is 0.465 e. The van der Waals surface area contributed by atoms with Gasteiger partial charge in [-0.15, -0.1) is 0 Å². The molecule has 1 aliphatic rings. The molecule has 0 radical (unpaired) electrons. The number of ketones is 1. The van der Waals surface area contributed by atoms with Crippen molar-refractivity contribution >= 4 is 11.8 Å². The van der Waals surface area contributed by atoms with Crippen LogP contribution in [0.3, 0.4) is 0 Å². The third kappa shape index (κ3) is 5.00. The molecule has 1 saturated carbocycles. The fraction of sp³-hybridized carbons (Fsp3) is 0.652. The molecule has 28 heavy (non-hydrogen) atoms. The molecule has 0 aromatic heterocycles. The van der Waals surface area contributed by atoms with Crippen LogP contribution < -0.4 is 0 Å². The average molecular weight is 391 g/mol.